The Balaban J connectivity index is 1.61. The number of ether oxygens (including phenoxy) is 1. The summed E-state index contributed by atoms with van der Waals surface area (Å²) in [4.78, 5) is 9.26. The molecular formula is C32H29N7O. The molecule has 0 fully saturated rings. The van der Waals surface area contributed by atoms with E-state index in [4.69, 9.17) is 20.2 Å². The molecule has 0 saturated heterocycles. The Hall–Kier alpha value is -5.60. The third-order valence-electron chi connectivity index (χ3n) is 6.05. The number of methoxy groups -OCH3 is 1. The molecule has 3 aromatic carbocycles. The molecule has 1 heterocycles. The summed E-state index contributed by atoms with van der Waals surface area (Å²) in [6.07, 6.45) is 9.00. The quantitative estimate of drug-likeness (QED) is 0.187. The van der Waals surface area contributed by atoms with E-state index in [0.29, 0.717) is 23.9 Å². The number of hydrogen-bond donors (Lipinski definition) is 3. The zero-order valence-corrected chi connectivity index (χ0v) is 22.6. The third kappa shape index (κ3) is 7.03. The summed E-state index contributed by atoms with van der Waals surface area (Å²) in [7, 11) is 1.66. The van der Waals surface area contributed by atoms with Gasteiger partial charge in [0.2, 0.25) is 5.95 Å². The zero-order chi connectivity index (χ0) is 28.3. The van der Waals surface area contributed by atoms with Crippen LogP contribution in [0.1, 0.15) is 27.8 Å². The Morgan fingerprint density at radius 2 is 1.70 bits per heavy atom. The molecule has 0 bridgehead atoms. The van der Waals surface area contributed by atoms with Crippen LogP contribution in [0.5, 0.6) is 5.75 Å². The molecule has 0 spiro atoms. The van der Waals surface area contributed by atoms with Crippen LogP contribution in [-0.4, -0.2) is 23.6 Å². The summed E-state index contributed by atoms with van der Waals surface area (Å²) in [5.74, 6) is 1.82. The number of nitrogens with zero attached hydrogens (tertiary/aromatic N) is 4. The number of anilines is 5. The van der Waals surface area contributed by atoms with Gasteiger partial charge < -0.3 is 20.7 Å². The first-order valence-corrected chi connectivity index (χ1v) is 12.6. The Morgan fingerprint density at radius 3 is 2.40 bits per heavy atom. The highest BCUT2D eigenvalue weighted by molar-refractivity contribution is 5.76. The minimum Gasteiger partial charge on any atom is -0.496 e. The van der Waals surface area contributed by atoms with Crippen molar-refractivity contribution in [1.29, 1.82) is 10.5 Å². The topological polar surface area (TPSA) is 119 Å². The molecule has 4 rings (SSSR count). The molecule has 0 atom stereocenters. The van der Waals surface area contributed by atoms with E-state index >= 15 is 0 Å². The maximum atomic E-state index is 9.07. The number of nitriles is 2. The maximum absolute atomic E-state index is 9.07. The van der Waals surface area contributed by atoms with Crippen molar-refractivity contribution in [3.8, 4) is 17.9 Å². The maximum Gasteiger partial charge on any atom is 0.229 e. The molecule has 0 saturated carbocycles. The van der Waals surface area contributed by atoms with Crippen LogP contribution in [0.3, 0.4) is 0 Å². The van der Waals surface area contributed by atoms with Gasteiger partial charge in [0, 0.05) is 29.6 Å². The van der Waals surface area contributed by atoms with Crippen LogP contribution in [0.4, 0.5) is 28.8 Å². The van der Waals surface area contributed by atoms with Gasteiger partial charge in [0.15, 0.2) is 5.82 Å². The summed E-state index contributed by atoms with van der Waals surface area (Å²) in [5.41, 5.74) is 6.96. The Labute approximate surface area is 234 Å². The number of aryl methyl sites for hydroxylation is 2. The molecule has 0 amide bonds. The largest absolute Gasteiger partial charge is 0.496 e. The lowest BCUT2D eigenvalue weighted by Crippen LogP contribution is -2.08. The van der Waals surface area contributed by atoms with E-state index in [1.807, 2.05) is 80.6 Å². The van der Waals surface area contributed by atoms with Gasteiger partial charge in [0.05, 0.1) is 36.7 Å². The van der Waals surface area contributed by atoms with Crippen molar-refractivity contribution in [2.24, 2.45) is 0 Å². The highest BCUT2D eigenvalue weighted by Crippen LogP contribution is 2.30. The average Bonchev–Trinajstić information content (AvgIpc) is 2.97. The van der Waals surface area contributed by atoms with Crippen LogP contribution in [0.15, 0.2) is 79.0 Å². The van der Waals surface area contributed by atoms with Crippen LogP contribution < -0.4 is 20.7 Å². The summed E-state index contributed by atoms with van der Waals surface area (Å²) >= 11 is 0. The highest BCUT2D eigenvalue weighted by atomic mass is 16.5. The van der Waals surface area contributed by atoms with E-state index in [-0.39, 0.29) is 0 Å². The lowest BCUT2D eigenvalue weighted by Gasteiger charge is -2.17. The highest BCUT2D eigenvalue weighted by Gasteiger charge is 2.12. The molecule has 198 valence electrons. The molecule has 40 heavy (non-hydrogen) atoms. The zero-order valence-electron chi connectivity index (χ0n) is 22.6. The molecule has 3 N–H and O–H groups in total. The van der Waals surface area contributed by atoms with E-state index in [2.05, 4.69) is 27.0 Å². The van der Waals surface area contributed by atoms with Gasteiger partial charge in [-0.15, -0.1) is 0 Å². The molecule has 4 aromatic rings. The van der Waals surface area contributed by atoms with E-state index in [9.17, 15) is 0 Å². The van der Waals surface area contributed by atoms with Crippen LogP contribution in [0.25, 0.3) is 12.2 Å². The van der Waals surface area contributed by atoms with Crippen molar-refractivity contribution < 1.29 is 4.74 Å². The van der Waals surface area contributed by atoms with Crippen molar-refractivity contribution in [3.63, 3.8) is 0 Å². The molecule has 1 aromatic heterocycles. The molecule has 0 radical (unpaired) electrons. The fourth-order valence-electron chi connectivity index (χ4n) is 4.13. The van der Waals surface area contributed by atoms with Gasteiger partial charge in [-0.1, -0.05) is 30.4 Å². The normalized spacial score (nSPS) is 10.7. The van der Waals surface area contributed by atoms with Crippen LogP contribution >= 0.6 is 0 Å². The number of benzene rings is 3. The monoisotopic (exact) mass is 527 g/mol. The first kappa shape index (κ1) is 27.4. The number of nitrogens with one attached hydrogen (secondary N) is 3. The smallest absolute Gasteiger partial charge is 0.229 e. The second kappa shape index (κ2) is 13.3. The third-order valence-corrected chi connectivity index (χ3v) is 6.05. The lowest BCUT2D eigenvalue weighted by atomic mass is 10.0. The predicted octanol–water partition coefficient (Wildman–Crippen LogP) is 7.12. The number of para-hydroxylation sites is 1. The predicted molar refractivity (Wildman–Crippen MR) is 161 cm³/mol. The molecule has 8 heteroatoms. The van der Waals surface area contributed by atoms with Gasteiger partial charge in [0.25, 0.3) is 0 Å². The first-order chi connectivity index (χ1) is 19.5. The van der Waals surface area contributed by atoms with E-state index in [0.717, 1.165) is 45.1 Å². The standard InChI is InChI=1S/C32H29N7O/c1-22-18-25(8-6-16-33)19-23(2)30(22)38-31-28(35-17-7-10-26-9-4-5-11-29(26)40-3)21-36-32(39-31)37-27-14-12-24(20-34)13-15-27/h4-15,18-19,21,35H,17H2,1-3H3,(H2,36,37,38,39). The Bertz CT molecular complexity index is 1600. The number of aromatic nitrogens is 2. The Kier molecular flexibility index (Phi) is 9.10. The SMILES string of the molecule is COc1ccccc1C=CCNc1cnc(Nc2ccc(C#N)cc2)nc1Nc1c(C)cc(C=CC#N)cc1C. The average molecular weight is 528 g/mol. The molecule has 8 nitrogen and oxygen atoms in total. The van der Waals surface area contributed by atoms with Gasteiger partial charge in [-0.25, -0.2) is 4.98 Å². The van der Waals surface area contributed by atoms with E-state index in [1.165, 1.54) is 6.08 Å². The fourth-order valence-corrected chi connectivity index (χ4v) is 4.13. The van der Waals surface area contributed by atoms with E-state index in [1.54, 1.807) is 31.5 Å². The number of hydrogen-bond acceptors (Lipinski definition) is 8. The lowest BCUT2D eigenvalue weighted by molar-refractivity contribution is 0.414. The van der Waals surface area contributed by atoms with Crippen LogP contribution in [-0.2, 0) is 0 Å². The second-order valence-electron chi connectivity index (χ2n) is 8.91. The summed E-state index contributed by atoms with van der Waals surface area (Å²) in [5, 5.41) is 28.0. The van der Waals surface area contributed by atoms with Crippen molar-refractivity contribution in [2.45, 2.75) is 13.8 Å². The van der Waals surface area contributed by atoms with Crippen molar-refractivity contribution in [2.75, 3.05) is 29.6 Å². The van der Waals surface area contributed by atoms with Crippen LogP contribution in [0, 0.1) is 36.5 Å². The molecular weight excluding hydrogens is 498 g/mol. The van der Waals surface area contributed by atoms with Gasteiger partial charge in [-0.2, -0.15) is 15.5 Å². The van der Waals surface area contributed by atoms with Gasteiger partial charge >= 0.3 is 0 Å². The number of allylic oxidation sites excluding steroid dienone is 1. The van der Waals surface area contributed by atoms with Crippen molar-refractivity contribution >= 4 is 41.0 Å². The van der Waals surface area contributed by atoms with E-state index < -0.39 is 0 Å². The van der Waals surface area contributed by atoms with Gasteiger partial charge in [-0.05, 0) is 79.1 Å². The summed E-state index contributed by atoms with van der Waals surface area (Å²) in [6.45, 7) is 4.56. The van der Waals surface area contributed by atoms with Crippen LogP contribution in [0.2, 0.25) is 0 Å². The molecule has 0 aliphatic heterocycles. The van der Waals surface area contributed by atoms with Crippen molar-refractivity contribution in [3.05, 3.63) is 107 Å². The Morgan fingerprint density at radius 1 is 0.950 bits per heavy atom. The molecule has 0 aliphatic carbocycles. The molecule has 0 aliphatic rings. The first-order valence-electron chi connectivity index (χ1n) is 12.6. The molecule has 0 unspecified atom stereocenters. The summed E-state index contributed by atoms with van der Waals surface area (Å²) < 4.78 is 5.43. The number of rotatable bonds is 10. The minimum absolute atomic E-state index is 0.409. The second-order valence-corrected chi connectivity index (χ2v) is 8.91. The van der Waals surface area contributed by atoms with Crippen molar-refractivity contribution in [1.82, 2.24) is 9.97 Å². The summed E-state index contributed by atoms with van der Waals surface area (Å²) in [6, 6.07) is 23.1. The van der Waals surface area contributed by atoms with Gasteiger partial charge in [-0.3, -0.25) is 0 Å². The fraction of sp³-hybridized carbons (Fsp3) is 0.125. The minimum atomic E-state index is 0.409. The van der Waals surface area contributed by atoms with Gasteiger partial charge in [0.1, 0.15) is 5.75 Å².